The van der Waals surface area contributed by atoms with E-state index in [1.54, 1.807) is 20.9 Å². The van der Waals surface area contributed by atoms with Crippen molar-refractivity contribution in [2.45, 2.75) is 50.3 Å². The van der Waals surface area contributed by atoms with Gasteiger partial charge >= 0.3 is 0 Å². The van der Waals surface area contributed by atoms with Gasteiger partial charge in [-0.3, -0.25) is 4.79 Å². The molecule has 0 spiro atoms. The van der Waals surface area contributed by atoms with E-state index < -0.39 is 15.3 Å². The first-order valence-electron chi connectivity index (χ1n) is 9.75. The van der Waals surface area contributed by atoms with Crippen LogP contribution in [0, 0.1) is 0 Å². The van der Waals surface area contributed by atoms with E-state index in [0.717, 1.165) is 30.4 Å². The normalized spacial score (nSPS) is 19.7. The number of benzene rings is 2. The first-order valence-corrected chi connectivity index (χ1v) is 11.3. The van der Waals surface area contributed by atoms with Crippen molar-refractivity contribution >= 4 is 15.9 Å². The van der Waals surface area contributed by atoms with Crippen LogP contribution in [0.1, 0.15) is 54.9 Å². The van der Waals surface area contributed by atoms with Crippen molar-refractivity contribution < 1.29 is 13.2 Å². The molecular weight excluding hydrogens is 372 g/mol. The Morgan fingerprint density at radius 1 is 0.964 bits per heavy atom. The highest BCUT2D eigenvalue weighted by Gasteiger charge is 2.32. The molecule has 1 fully saturated rings. The number of hydrogen-bond acceptors (Lipinski definition) is 3. The number of carbonyl (C=O) groups is 1. The summed E-state index contributed by atoms with van der Waals surface area (Å²) < 4.78 is 27.4. The van der Waals surface area contributed by atoms with Crippen molar-refractivity contribution in [3.8, 4) is 11.1 Å². The molecule has 0 aromatic heterocycles. The molecule has 0 saturated heterocycles. The number of hydrogen-bond donors (Lipinski definition) is 2. The lowest BCUT2D eigenvalue weighted by molar-refractivity contribution is 0.0963. The summed E-state index contributed by atoms with van der Waals surface area (Å²) in [5.74, 6) is 0.108. The Balaban J connectivity index is 1.75. The topological polar surface area (TPSA) is 75.3 Å². The lowest BCUT2D eigenvalue weighted by atomic mass is 9.92. The molecule has 3 rings (SSSR count). The maximum absolute atomic E-state index is 12.3. The van der Waals surface area contributed by atoms with Gasteiger partial charge in [-0.25, -0.2) is 13.1 Å². The maximum atomic E-state index is 12.3. The van der Waals surface area contributed by atoms with Crippen molar-refractivity contribution in [3.05, 3.63) is 59.7 Å². The van der Waals surface area contributed by atoms with Crippen LogP contribution in [0.5, 0.6) is 0 Å². The number of rotatable bonds is 6. The van der Waals surface area contributed by atoms with Crippen LogP contribution in [0.25, 0.3) is 11.1 Å². The van der Waals surface area contributed by atoms with Gasteiger partial charge in [0.1, 0.15) is 0 Å². The minimum absolute atomic E-state index is 0.0370. The first-order chi connectivity index (χ1) is 13.3. The Hall–Kier alpha value is -2.18. The number of nitrogens with one attached hydrogen (secondary N) is 2. The maximum Gasteiger partial charge on any atom is 0.251 e. The number of carbonyl (C=O) groups excluding carboxylic acids is 1. The quantitative estimate of drug-likeness (QED) is 0.777. The van der Waals surface area contributed by atoms with E-state index in [2.05, 4.69) is 34.3 Å². The highest BCUT2D eigenvalue weighted by atomic mass is 32.2. The third kappa shape index (κ3) is 4.45. The Morgan fingerprint density at radius 2 is 1.54 bits per heavy atom. The highest BCUT2D eigenvalue weighted by molar-refractivity contribution is 7.90. The smallest absolute Gasteiger partial charge is 0.251 e. The lowest BCUT2D eigenvalue weighted by Gasteiger charge is -2.23. The van der Waals surface area contributed by atoms with Gasteiger partial charge in [0.05, 0.1) is 5.25 Å². The van der Waals surface area contributed by atoms with Crippen molar-refractivity contribution in [2.24, 2.45) is 0 Å². The van der Waals surface area contributed by atoms with Crippen LogP contribution in [-0.2, 0) is 10.0 Å². The zero-order valence-corrected chi connectivity index (χ0v) is 17.4. The second-order valence-corrected chi connectivity index (χ2v) is 9.90. The third-order valence-corrected chi connectivity index (χ3v) is 7.37. The van der Waals surface area contributed by atoms with Crippen molar-refractivity contribution in [3.63, 3.8) is 0 Å². The van der Waals surface area contributed by atoms with Gasteiger partial charge in [-0.1, -0.05) is 42.8 Å². The zero-order valence-electron chi connectivity index (χ0n) is 16.6. The fraction of sp³-hybridized carbons (Fsp3) is 0.409. The van der Waals surface area contributed by atoms with Gasteiger partial charge < -0.3 is 5.32 Å². The molecule has 1 saturated carbocycles. The molecule has 0 radical (unpaired) electrons. The van der Waals surface area contributed by atoms with E-state index >= 15 is 0 Å². The van der Waals surface area contributed by atoms with E-state index in [9.17, 15) is 13.2 Å². The summed E-state index contributed by atoms with van der Waals surface area (Å²) in [7, 11) is -1.65. The number of amides is 1. The van der Waals surface area contributed by atoms with Crippen LogP contribution < -0.4 is 10.0 Å². The van der Waals surface area contributed by atoms with Crippen molar-refractivity contribution in [2.75, 3.05) is 7.05 Å². The Bertz CT molecular complexity index is 919. The molecule has 28 heavy (non-hydrogen) atoms. The van der Waals surface area contributed by atoms with Gasteiger partial charge in [0.15, 0.2) is 0 Å². The molecule has 5 nitrogen and oxygen atoms in total. The molecule has 0 unspecified atom stereocenters. The zero-order chi connectivity index (χ0) is 20.3. The predicted octanol–water partition coefficient (Wildman–Crippen LogP) is 3.68. The highest BCUT2D eigenvalue weighted by Crippen LogP contribution is 2.36. The van der Waals surface area contributed by atoms with Crippen LogP contribution in [0.15, 0.2) is 48.5 Å². The minimum Gasteiger partial charge on any atom is -0.355 e. The van der Waals surface area contributed by atoms with E-state index in [-0.39, 0.29) is 17.9 Å². The predicted molar refractivity (Wildman–Crippen MR) is 113 cm³/mol. The summed E-state index contributed by atoms with van der Waals surface area (Å²) >= 11 is 0. The molecule has 0 aliphatic heterocycles. The summed E-state index contributed by atoms with van der Waals surface area (Å²) in [6.07, 6.45) is 2.89. The average molecular weight is 401 g/mol. The summed E-state index contributed by atoms with van der Waals surface area (Å²) in [5, 5.41) is 2.20. The van der Waals surface area contributed by atoms with E-state index in [1.165, 1.54) is 5.56 Å². The molecule has 0 bridgehead atoms. The molecule has 2 aromatic carbocycles. The second kappa shape index (κ2) is 8.45. The molecule has 150 valence electrons. The van der Waals surface area contributed by atoms with Gasteiger partial charge in [0.2, 0.25) is 10.0 Å². The molecule has 6 heteroatoms. The SMILES string of the molecule is CNC(=O)c1ccc(-c2ccc([C@H]3CCC[C@H]3NS(=O)(=O)C(C)C)cc2)cc1. The van der Waals surface area contributed by atoms with Crippen LogP contribution in [0.3, 0.4) is 0 Å². The minimum atomic E-state index is -3.27. The molecule has 2 N–H and O–H groups in total. The van der Waals surface area contributed by atoms with E-state index in [4.69, 9.17) is 0 Å². The summed E-state index contributed by atoms with van der Waals surface area (Å²) in [6, 6.07) is 15.8. The molecule has 1 aliphatic rings. The standard InChI is InChI=1S/C22H28N2O3S/c1-15(2)28(26,27)24-21-6-4-5-20(21)18-11-7-16(8-12-18)17-9-13-19(14-10-17)22(25)23-3/h7-15,20-21,24H,4-6H2,1-3H3,(H,23,25)/t20-,21-/m1/s1. The Labute approximate surface area is 167 Å². The summed E-state index contributed by atoms with van der Waals surface area (Å²) in [6.45, 7) is 3.41. The van der Waals surface area contributed by atoms with Crippen LogP contribution >= 0.6 is 0 Å². The molecule has 2 atom stereocenters. The van der Waals surface area contributed by atoms with E-state index in [1.807, 2.05) is 24.3 Å². The fourth-order valence-electron chi connectivity index (χ4n) is 3.73. The largest absolute Gasteiger partial charge is 0.355 e. The van der Waals surface area contributed by atoms with Crippen molar-refractivity contribution in [1.29, 1.82) is 0 Å². The average Bonchev–Trinajstić information content (AvgIpc) is 3.15. The Morgan fingerprint density at radius 3 is 2.07 bits per heavy atom. The third-order valence-electron chi connectivity index (χ3n) is 5.50. The van der Waals surface area contributed by atoms with Gasteiger partial charge in [-0.15, -0.1) is 0 Å². The van der Waals surface area contributed by atoms with Gasteiger partial charge in [0.25, 0.3) is 5.91 Å². The van der Waals surface area contributed by atoms with Crippen LogP contribution in [-0.4, -0.2) is 32.7 Å². The molecule has 1 aliphatic carbocycles. The number of sulfonamides is 1. The van der Waals surface area contributed by atoms with Crippen molar-refractivity contribution in [1.82, 2.24) is 10.0 Å². The monoisotopic (exact) mass is 400 g/mol. The second-order valence-electron chi connectivity index (χ2n) is 7.63. The van der Waals surface area contributed by atoms with Crippen LogP contribution in [0.2, 0.25) is 0 Å². The fourth-order valence-corrected chi connectivity index (χ4v) is 4.70. The molecule has 0 heterocycles. The summed E-state index contributed by atoms with van der Waals surface area (Å²) in [4.78, 5) is 11.7. The molecule has 2 aromatic rings. The van der Waals surface area contributed by atoms with Gasteiger partial charge in [0, 0.05) is 24.6 Å². The summed E-state index contributed by atoms with van der Waals surface area (Å²) in [5.41, 5.74) is 3.92. The Kier molecular flexibility index (Phi) is 6.20. The van der Waals surface area contributed by atoms with E-state index in [0.29, 0.717) is 5.56 Å². The lowest BCUT2D eigenvalue weighted by Crippen LogP contribution is -2.40. The molecular formula is C22H28N2O3S. The molecule has 1 amide bonds. The van der Waals surface area contributed by atoms with Crippen LogP contribution in [0.4, 0.5) is 0 Å². The van der Waals surface area contributed by atoms with Gasteiger partial charge in [-0.2, -0.15) is 0 Å². The first kappa shape index (κ1) is 20.6. The van der Waals surface area contributed by atoms with Gasteiger partial charge in [-0.05, 0) is 55.5 Å².